The highest BCUT2D eigenvalue weighted by Gasteiger charge is 2.45. The zero-order valence-electron chi connectivity index (χ0n) is 32.1. The van der Waals surface area contributed by atoms with Gasteiger partial charge in [0, 0.05) is 69.8 Å². The van der Waals surface area contributed by atoms with Crippen LogP contribution in [0.2, 0.25) is 0 Å². The number of nitrogens with one attached hydrogen (secondary N) is 4. The monoisotopic (exact) mass is 756 g/mol. The van der Waals surface area contributed by atoms with Gasteiger partial charge in [-0.15, -0.1) is 0 Å². The lowest BCUT2D eigenvalue weighted by atomic mass is 9.88. The number of aromatic nitrogens is 2. The van der Waals surface area contributed by atoms with Crippen LogP contribution in [0, 0.1) is 19.8 Å². The lowest BCUT2D eigenvalue weighted by Gasteiger charge is -2.39. The predicted octanol–water partition coefficient (Wildman–Crippen LogP) is 4.15. The molecule has 4 amide bonds. The molecule has 14 nitrogen and oxygen atoms in total. The number of hydrogen-bond donors (Lipinski definition) is 4. The minimum absolute atomic E-state index is 0.103. The zero-order chi connectivity index (χ0) is 38.7. The molecule has 6 heterocycles. The maximum absolute atomic E-state index is 13.4. The molecule has 3 fully saturated rings. The molecule has 0 radical (unpaired) electrons. The van der Waals surface area contributed by atoms with Crippen molar-refractivity contribution in [1.29, 1.82) is 0 Å². The van der Waals surface area contributed by atoms with E-state index in [4.69, 9.17) is 10.1 Å². The Kier molecular flexibility index (Phi) is 9.32. The first-order valence-corrected chi connectivity index (χ1v) is 19.8. The summed E-state index contributed by atoms with van der Waals surface area (Å²) in [5.74, 6) is 0.357. The summed E-state index contributed by atoms with van der Waals surface area (Å²) in [5, 5.41) is 17.8. The van der Waals surface area contributed by atoms with Crippen LogP contribution in [-0.4, -0.2) is 101 Å². The summed E-state index contributed by atoms with van der Waals surface area (Å²) < 4.78 is 1.87. The number of likely N-dealkylation sites (tertiary alicyclic amines) is 1. The number of amides is 4. The number of benzene rings is 2. The normalized spacial score (nSPS) is 23.9. The number of anilines is 4. The van der Waals surface area contributed by atoms with Gasteiger partial charge in [0.25, 0.3) is 11.8 Å². The Morgan fingerprint density at radius 3 is 2.54 bits per heavy atom. The van der Waals surface area contributed by atoms with Gasteiger partial charge in [-0.25, -0.2) is 0 Å². The van der Waals surface area contributed by atoms with Gasteiger partial charge >= 0.3 is 0 Å². The topological polar surface area (TPSA) is 156 Å². The van der Waals surface area contributed by atoms with Gasteiger partial charge < -0.3 is 15.5 Å². The number of imide groups is 2. The van der Waals surface area contributed by atoms with E-state index in [9.17, 15) is 19.2 Å². The third kappa shape index (κ3) is 6.81. The van der Waals surface area contributed by atoms with Gasteiger partial charge in [-0.1, -0.05) is 29.8 Å². The van der Waals surface area contributed by atoms with E-state index in [2.05, 4.69) is 75.3 Å². The smallest absolute Gasteiger partial charge is 0.262 e. The molecule has 290 valence electrons. The molecule has 3 unspecified atom stereocenters. The molecule has 3 saturated heterocycles. The highest BCUT2D eigenvalue weighted by Crippen LogP contribution is 2.34. The van der Waals surface area contributed by atoms with Crippen molar-refractivity contribution in [2.24, 2.45) is 18.0 Å². The molecule has 5 aliphatic heterocycles. The molecule has 6 aliphatic rings. The number of aliphatic imine (C=N–C) groups is 1. The van der Waals surface area contributed by atoms with Crippen molar-refractivity contribution in [2.45, 2.75) is 70.7 Å². The molecule has 3 aromatic rings. The fourth-order valence-electron chi connectivity index (χ4n) is 9.11. The first-order chi connectivity index (χ1) is 27.1. The molecule has 56 heavy (non-hydrogen) atoms. The quantitative estimate of drug-likeness (QED) is 0.247. The van der Waals surface area contributed by atoms with Crippen molar-refractivity contribution in [3.63, 3.8) is 0 Å². The SMILES string of the molecule is Cc1ccc(Nc2nn(C)c3c2C=NC(NC2C=C4CN(CC5CCN(c6ccc7c(c6)C(=O)N(C6CCC(=O)NC6=O)C7=O)CC5)CCC4=CC2)N3)c(C)c1. The van der Waals surface area contributed by atoms with Gasteiger partial charge in [0.2, 0.25) is 11.8 Å². The van der Waals surface area contributed by atoms with Gasteiger partial charge in [0.05, 0.1) is 16.7 Å². The van der Waals surface area contributed by atoms with Gasteiger partial charge in [0.15, 0.2) is 12.1 Å². The van der Waals surface area contributed by atoms with Crippen LogP contribution in [-0.2, 0) is 16.6 Å². The number of aryl methyl sites for hydroxylation is 3. The summed E-state index contributed by atoms with van der Waals surface area (Å²) in [5.41, 5.74) is 8.80. The molecule has 3 atom stereocenters. The standard InChI is InChI=1S/C42H48N10O4/c1-24-4-9-34(25(2)18-24)45-37-33-21-43-42(47-38(33)49(3)48-37)44-29-6-5-27-14-15-50(23-28(27)19-29)22-26-12-16-51(17-13-26)30-7-8-31-32(20-30)41(56)52(40(31)55)35-10-11-36(53)46-39(35)54/h4-5,7-9,18-21,26,29,35,42,44,47H,6,10-17,22-23H2,1-3H3,(H,45,48)(H,46,53,54). The van der Waals surface area contributed by atoms with Gasteiger partial charge in [-0.2, -0.15) is 5.10 Å². The molecule has 0 saturated carbocycles. The van der Waals surface area contributed by atoms with Crippen LogP contribution in [0.1, 0.15) is 75.9 Å². The van der Waals surface area contributed by atoms with E-state index in [0.717, 1.165) is 91.9 Å². The molecule has 2 aromatic carbocycles. The number of hydrogen-bond acceptors (Lipinski definition) is 11. The minimum Gasteiger partial charge on any atom is -0.371 e. The average molecular weight is 757 g/mol. The molecule has 1 aliphatic carbocycles. The number of fused-ring (bicyclic) bond motifs is 3. The second kappa shape index (κ2) is 14.5. The Morgan fingerprint density at radius 2 is 1.73 bits per heavy atom. The molecular weight excluding hydrogens is 709 g/mol. The van der Waals surface area contributed by atoms with Crippen LogP contribution < -0.4 is 26.2 Å². The molecule has 4 N–H and O–H groups in total. The Bertz CT molecular complexity index is 2230. The summed E-state index contributed by atoms with van der Waals surface area (Å²) in [7, 11) is 1.95. The van der Waals surface area contributed by atoms with Crippen molar-refractivity contribution in [2.75, 3.05) is 48.3 Å². The first kappa shape index (κ1) is 36.1. The van der Waals surface area contributed by atoms with E-state index in [-0.39, 0.29) is 31.1 Å². The van der Waals surface area contributed by atoms with Crippen LogP contribution in [0.5, 0.6) is 0 Å². The second-order valence-electron chi connectivity index (χ2n) is 16.0. The third-order valence-electron chi connectivity index (χ3n) is 12.2. The van der Waals surface area contributed by atoms with E-state index >= 15 is 0 Å². The Morgan fingerprint density at radius 1 is 0.911 bits per heavy atom. The van der Waals surface area contributed by atoms with Crippen molar-refractivity contribution in [3.8, 4) is 0 Å². The fraction of sp³-hybridized carbons (Fsp3) is 0.429. The lowest BCUT2D eigenvalue weighted by Crippen LogP contribution is -2.54. The second-order valence-corrected chi connectivity index (χ2v) is 16.0. The number of carbonyl (C=O) groups excluding carboxylic acids is 4. The first-order valence-electron chi connectivity index (χ1n) is 19.8. The number of nitrogens with zero attached hydrogens (tertiary/aromatic N) is 6. The maximum Gasteiger partial charge on any atom is 0.262 e. The van der Waals surface area contributed by atoms with Crippen LogP contribution in [0.25, 0.3) is 0 Å². The lowest BCUT2D eigenvalue weighted by molar-refractivity contribution is -0.136. The highest BCUT2D eigenvalue weighted by atomic mass is 16.2. The van der Waals surface area contributed by atoms with Crippen LogP contribution >= 0.6 is 0 Å². The van der Waals surface area contributed by atoms with E-state index in [1.54, 1.807) is 12.1 Å². The molecule has 0 bridgehead atoms. The summed E-state index contributed by atoms with van der Waals surface area (Å²) in [4.78, 5) is 61.4. The van der Waals surface area contributed by atoms with Crippen molar-refractivity contribution in [1.82, 2.24) is 30.2 Å². The van der Waals surface area contributed by atoms with E-state index in [1.807, 2.05) is 24.0 Å². The van der Waals surface area contributed by atoms with Crippen LogP contribution in [0.15, 0.2) is 64.7 Å². The van der Waals surface area contributed by atoms with E-state index < -0.39 is 23.8 Å². The summed E-state index contributed by atoms with van der Waals surface area (Å²) in [6.07, 6.45) is 10.8. The number of carbonyl (C=O) groups is 4. The molecule has 9 rings (SSSR count). The molecule has 0 spiro atoms. The van der Waals surface area contributed by atoms with Crippen molar-refractivity contribution < 1.29 is 19.2 Å². The maximum atomic E-state index is 13.4. The Labute approximate surface area is 326 Å². The molecule has 1 aromatic heterocycles. The average Bonchev–Trinajstić information content (AvgIpc) is 3.63. The Hall–Kier alpha value is -5.60. The predicted molar refractivity (Wildman–Crippen MR) is 214 cm³/mol. The molecule has 14 heteroatoms. The van der Waals surface area contributed by atoms with Crippen molar-refractivity contribution in [3.05, 3.63) is 87.5 Å². The fourth-order valence-corrected chi connectivity index (χ4v) is 9.11. The summed E-state index contributed by atoms with van der Waals surface area (Å²) in [6.45, 7) is 8.97. The van der Waals surface area contributed by atoms with Gasteiger partial charge in [0.1, 0.15) is 11.9 Å². The summed E-state index contributed by atoms with van der Waals surface area (Å²) in [6, 6.07) is 11.0. The van der Waals surface area contributed by atoms with Crippen molar-refractivity contribution >= 4 is 52.9 Å². The largest absolute Gasteiger partial charge is 0.371 e. The van der Waals surface area contributed by atoms with E-state index in [0.29, 0.717) is 17.0 Å². The number of piperidine rings is 3. The number of rotatable bonds is 8. The molecular formula is C42H48N10O4. The van der Waals surface area contributed by atoms with Gasteiger partial charge in [-0.05, 0) is 92.8 Å². The summed E-state index contributed by atoms with van der Waals surface area (Å²) >= 11 is 0. The Balaban J connectivity index is 0.779. The van der Waals surface area contributed by atoms with Crippen LogP contribution in [0.4, 0.5) is 23.0 Å². The van der Waals surface area contributed by atoms with Crippen LogP contribution in [0.3, 0.4) is 0 Å². The van der Waals surface area contributed by atoms with Gasteiger partial charge in [-0.3, -0.25) is 49.3 Å². The van der Waals surface area contributed by atoms with E-state index in [1.165, 1.54) is 22.3 Å². The third-order valence-corrected chi connectivity index (χ3v) is 12.2. The highest BCUT2D eigenvalue weighted by molar-refractivity contribution is 6.23. The minimum atomic E-state index is -0.961. The zero-order valence-corrected chi connectivity index (χ0v) is 32.1.